The summed E-state index contributed by atoms with van der Waals surface area (Å²) in [4.78, 5) is 0. The minimum atomic E-state index is -4.37. The molecule has 1 N–H and O–H groups in total. The van der Waals surface area contributed by atoms with Crippen LogP contribution in [0.15, 0.2) is 22.7 Å². The zero-order chi connectivity index (χ0) is 14.0. The van der Waals surface area contributed by atoms with Crippen molar-refractivity contribution in [3.63, 3.8) is 0 Å². The number of hydrogen-bond acceptors (Lipinski definition) is 2. The summed E-state index contributed by atoms with van der Waals surface area (Å²) in [5, 5.41) is 2.78. The van der Waals surface area contributed by atoms with Gasteiger partial charge in [-0.2, -0.15) is 13.2 Å². The van der Waals surface area contributed by atoms with Crippen LogP contribution < -0.4 is 5.32 Å². The van der Waals surface area contributed by atoms with E-state index in [1.165, 1.54) is 19.2 Å². The number of anilines is 1. The zero-order valence-electron chi connectivity index (χ0n) is 10.4. The lowest BCUT2D eigenvalue weighted by atomic mass is 10.1. The molecule has 0 saturated carbocycles. The van der Waals surface area contributed by atoms with Crippen molar-refractivity contribution < 1.29 is 17.9 Å². The molecule has 0 radical (unpaired) electrons. The van der Waals surface area contributed by atoms with Gasteiger partial charge < -0.3 is 10.1 Å². The zero-order valence-corrected chi connectivity index (χ0v) is 11.9. The molecule has 1 rings (SSSR count). The summed E-state index contributed by atoms with van der Waals surface area (Å²) in [6.07, 6.45) is -4.37. The SMILES string of the molecule is COC(C)(C)CNc1cc(Br)ccc1C(F)(F)F. The summed E-state index contributed by atoms with van der Waals surface area (Å²) < 4.78 is 44.1. The van der Waals surface area contributed by atoms with Crippen molar-refractivity contribution in [2.24, 2.45) is 0 Å². The third kappa shape index (κ3) is 4.17. The second kappa shape index (κ2) is 5.48. The molecule has 0 fully saturated rings. The molecule has 0 aliphatic rings. The molecular weight excluding hydrogens is 311 g/mol. The van der Waals surface area contributed by atoms with Crippen LogP contribution in [0.4, 0.5) is 18.9 Å². The number of alkyl halides is 3. The van der Waals surface area contributed by atoms with Crippen molar-refractivity contribution in [2.45, 2.75) is 25.6 Å². The van der Waals surface area contributed by atoms with E-state index in [2.05, 4.69) is 21.2 Å². The Morgan fingerprint density at radius 2 is 1.89 bits per heavy atom. The molecule has 0 spiro atoms. The van der Waals surface area contributed by atoms with Gasteiger partial charge in [-0.05, 0) is 32.0 Å². The summed E-state index contributed by atoms with van der Waals surface area (Å²) in [7, 11) is 1.52. The molecular formula is C12H15BrF3NO. The molecule has 0 aliphatic heterocycles. The van der Waals surface area contributed by atoms with Gasteiger partial charge in [0, 0.05) is 23.8 Å². The summed E-state index contributed by atoms with van der Waals surface area (Å²) in [6.45, 7) is 3.87. The number of hydrogen-bond donors (Lipinski definition) is 1. The van der Waals surface area contributed by atoms with Crippen molar-refractivity contribution in [1.82, 2.24) is 0 Å². The van der Waals surface area contributed by atoms with Gasteiger partial charge in [-0.1, -0.05) is 15.9 Å². The highest BCUT2D eigenvalue weighted by Gasteiger charge is 2.33. The van der Waals surface area contributed by atoms with Gasteiger partial charge in [-0.25, -0.2) is 0 Å². The molecule has 0 unspecified atom stereocenters. The molecule has 1 aromatic carbocycles. The van der Waals surface area contributed by atoms with E-state index in [1.54, 1.807) is 13.8 Å². The molecule has 6 heteroatoms. The average molecular weight is 326 g/mol. The smallest absolute Gasteiger partial charge is 0.382 e. The van der Waals surface area contributed by atoms with Gasteiger partial charge in [-0.3, -0.25) is 0 Å². The van der Waals surface area contributed by atoms with Crippen LogP contribution in [0.25, 0.3) is 0 Å². The highest BCUT2D eigenvalue weighted by molar-refractivity contribution is 9.10. The predicted molar refractivity (Wildman–Crippen MR) is 68.7 cm³/mol. The summed E-state index contributed by atoms with van der Waals surface area (Å²) >= 11 is 3.16. The van der Waals surface area contributed by atoms with Crippen LogP contribution in [0.1, 0.15) is 19.4 Å². The lowest BCUT2D eigenvalue weighted by molar-refractivity contribution is -0.137. The maximum atomic E-state index is 12.8. The van der Waals surface area contributed by atoms with Crippen LogP contribution in [0.3, 0.4) is 0 Å². The van der Waals surface area contributed by atoms with E-state index in [1.807, 2.05) is 0 Å². The third-order valence-corrected chi connectivity index (χ3v) is 3.04. The number of benzene rings is 1. The van der Waals surface area contributed by atoms with Gasteiger partial charge in [0.05, 0.1) is 11.2 Å². The molecule has 0 saturated heterocycles. The van der Waals surface area contributed by atoms with Crippen molar-refractivity contribution in [3.05, 3.63) is 28.2 Å². The van der Waals surface area contributed by atoms with E-state index >= 15 is 0 Å². The van der Waals surface area contributed by atoms with Crippen LogP contribution in [-0.2, 0) is 10.9 Å². The summed E-state index contributed by atoms with van der Waals surface area (Å²) in [5.41, 5.74) is -1.18. The van der Waals surface area contributed by atoms with Gasteiger partial charge in [0.1, 0.15) is 0 Å². The maximum Gasteiger partial charge on any atom is 0.418 e. The fraction of sp³-hybridized carbons (Fsp3) is 0.500. The van der Waals surface area contributed by atoms with E-state index in [0.29, 0.717) is 4.47 Å². The number of ether oxygens (including phenoxy) is 1. The lowest BCUT2D eigenvalue weighted by Gasteiger charge is -2.25. The van der Waals surface area contributed by atoms with Crippen molar-refractivity contribution >= 4 is 21.6 Å². The minimum Gasteiger partial charge on any atom is -0.382 e. The molecule has 0 bridgehead atoms. The lowest BCUT2D eigenvalue weighted by Crippen LogP contribution is -2.32. The van der Waals surface area contributed by atoms with Gasteiger partial charge in [0.2, 0.25) is 0 Å². The topological polar surface area (TPSA) is 21.3 Å². The summed E-state index contributed by atoms with van der Waals surface area (Å²) in [6, 6.07) is 3.83. The van der Waals surface area contributed by atoms with Crippen molar-refractivity contribution in [3.8, 4) is 0 Å². The van der Waals surface area contributed by atoms with Crippen LogP contribution in [0, 0.1) is 0 Å². The van der Waals surface area contributed by atoms with Gasteiger partial charge in [-0.15, -0.1) is 0 Å². The number of nitrogens with one attached hydrogen (secondary N) is 1. The highest BCUT2D eigenvalue weighted by atomic mass is 79.9. The Hall–Kier alpha value is -0.750. The molecule has 18 heavy (non-hydrogen) atoms. The van der Waals surface area contributed by atoms with E-state index in [4.69, 9.17) is 4.74 Å². The largest absolute Gasteiger partial charge is 0.418 e. The normalized spacial score (nSPS) is 12.6. The fourth-order valence-electron chi connectivity index (χ4n) is 1.29. The average Bonchev–Trinajstić information content (AvgIpc) is 2.25. The monoisotopic (exact) mass is 325 g/mol. The molecule has 0 aliphatic carbocycles. The van der Waals surface area contributed by atoms with Gasteiger partial charge in [0.25, 0.3) is 0 Å². The van der Waals surface area contributed by atoms with E-state index < -0.39 is 17.3 Å². The first-order valence-corrected chi connectivity index (χ1v) is 6.11. The molecule has 0 atom stereocenters. The highest BCUT2D eigenvalue weighted by Crippen LogP contribution is 2.36. The summed E-state index contributed by atoms with van der Waals surface area (Å²) in [5.74, 6) is 0. The van der Waals surface area contributed by atoms with Crippen LogP contribution >= 0.6 is 15.9 Å². The molecule has 0 amide bonds. The molecule has 102 valence electrons. The first-order chi connectivity index (χ1) is 8.15. The standard InChI is InChI=1S/C12H15BrF3NO/c1-11(2,18-3)7-17-10-6-8(13)4-5-9(10)12(14,15)16/h4-6,17H,7H2,1-3H3. The molecule has 1 aromatic rings. The number of rotatable bonds is 4. The second-order valence-electron chi connectivity index (χ2n) is 4.51. The Bertz CT molecular complexity index is 418. The predicted octanol–water partition coefficient (Wildman–Crippen LogP) is 4.30. The number of halogens is 4. The second-order valence-corrected chi connectivity index (χ2v) is 5.42. The van der Waals surface area contributed by atoms with E-state index in [-0.39, 0.29) is 12.2 Å². The van der Waals surface area contributed by atoms with Gasteiger partial charge in [0.15, 0.2) is 0 Å². The van der Waals surface area contributed by atoms with Crippen LogP contribution in [0.5, 0.6) is 0 Å². The Labute approximate surface area is 113 Å². The van der Waals surface area contributed by atoms with Crippen molar-refractivity contribution in [1.29, 1.82) is 0 Å². The molecule has 0 aromatic heterocycles. The number of methoxy groups -OCH3 is 1. The Morgan fingerprint density at radius 3 is 2.39 bits per heavy atom. The first-order valence-electron chi connectivity index (χ1n) is 5.31. The Kier molecular flexibility index (Phi) is 4.66. The minimum absolute atomic E-state index is 0.0435. The molecule has 0 heterocycles. The quantitative estimate of drug-likeness (QED) is 0.890. The maximum absolute atomic E-state index is 12.8. The Morgan fingerprint density at radius 1 is 1.28 bits per heavy atom. The third-order valence-electron chi connectivity index (χ3n) is 2.54. The molecule has 2 nitrogen and oxygen atoms in total. The van der Waals surface area contributed by atoms with E-state index in [9.17, 15) is 13.2 Å². The van der Waals surface area contributed by atoms with Gasteiger partial charge >= 0.3 is 6.18 Å². The fourth-order valence-corrected chi connectivity index (χ4v) is 1.65. The van der Waals surface area contributed by atoms with Crippen LogP contribution in [-0.4, -0.2) is 19.3 Å². The van der Waals surface area contributed by atoms with Crippen molar-refractivity contribution in [2.75, 3.05) is 19.0 Å². The van der Waals surface area contributed by atoms with E-state index in [0.717, 1.165) is 6.07 Å². The van der Waals surface area contributed by atoms with Crippen LogP contribution in [0.2, 0.25) is 0 Å². The Balaban J connectivity index is 2.97. The first kappa shape index (κ1) is 15.3.